The third kappa shape index (κ3) is 2.08. The van der Waals surface area contributed by atoms with Crippen LogP contribution in [0.3, 0.4) is 0 Å². The zero-order valence-corrected chi connectivity index (χ0v) is 9.71. The molecule has 0 amide bonds. The summed E-state index contributed by atoms with van der Waals surface area (Å²) in [5, 5.41) is 21.5. The van der Waals surface area contributed by atoms with Gasteiger partial charge in [0.05, 0.1) is 18.5 Å². The van der Waals surface area contributed by atoms with Crippen molar-refractivity contribution in [3.8, 4) is 0 Å². The molecule has 2 unspecified atom stereocenters. The first-order valence-electron chi connectivity index (χ1n) is 5.41. The van der Waals surface area contributed by atoms with Crippen LogP contribution in [0.1, 0.15) is 30.8 Å². The van der Waals surface area contributed by atoms with E-state index >= 15 is 0 Å². The highest BCUT2D eigenvalue weighted by Gasteiger charge is 2.47. The molecule has 2 rings (SSSR count). The van der Waals surface area contributed by atoms with E-state index in [1.807, 2.05) is 13.8 Å². The lowest BCUT2D eigenvalue weighted by atomic mass is 9.64. The lowest BCUT2D eigenvalue weighted by Gasteiger charge is -2.49. The van der Waals surface area contributed by atoms with E-state index in [2.05, 4.69) is 15.3 Å². The molecule has 1 aromatic rings. The number of hydrogen-bond donors (Lipinski definition) is 3. The molecule has 17 heavy (non-hydrogen) atoms. The van der Waals surface area contributed by atoms with Crippen LogP contribution < -0.4 is 5.32 Å². The predicted octanol–water partition coefficient (Wildman–Crippen LogP) is 0.746. The maximum Gasteiger partial charge on any atom is 0.356 e. The van der Waals surface area contributed by atoms with E-state index in [0.29, 0.717) is 12.2 Å². The van der Waals surface area contributed by atoms with Gasteiger partial charge in [0, 0.05) is 11.5 Å². The molecule has 0 bridgehead atoms. The van der Waals surface area contributed by atoms with Crippen molar-refractivity contribution < 1.29 is 15.0 Å². The summed E-state index contributed by atoms with van der Waals surface area (Å²) in [7, 11) is 0. The first-order chi connectivity index (χ1) is 7.91. The number of carboxylic acids is 1. The number of hydrogen-bond acceptors (Lipinski definition) is 5. The fourth-order valence-corrected chi connectivity index (χ4v) is 1.86. The molecule has 1 fully saturated rings. The monoisotopic (exact) mass is 237 g/mol. The van der Waals surface area contributed by atoms with Crippen LogP contribution in [-0.4, -0.2) is 38.3 Å². The minimum Gasteiger partial charge on any atom is -0.476 e. The third-order valence-electron chi connectivity index (χ3n) is 3.39. The molecule has 0 saturated heterocycles. The van der Waals surface area contributed by atoms with Gasteiger partial charge in [-0.3, -0.25) is 4.98 Å². The van der Waals surface area contributed by atoms with Crippen LogP contribution in [0, 0.1) is 5.41 Å². The van der Waals surface area contributed by atoms with Gasteiger partial charge < -0.3 is 15.5 Å². The fourth-order valence-electron chi connectivity index (χ4n) is 1.86. The van der Waals surface area contributed by atoms with Gasteiger partial charge >= 0.3 is 5.97 Å². The molecule has 92 valence electrons. The molecule has 0 radical (unpaired) electrons. The summed E-state index contributed by atoms with van der Waals surface area (Å²) in [6.45, 7) is 3.90. The number of nitrogens with zero attached hydrogens (tertiary/aromatic N) is 2. The lowest BCUT2D eigenvalue weighted by Crippen LogP contribution is -2.57. The Morgan fingerprint density at radius 2 is 2.24 bits per heavy atom. The quantitative estimate of drug-likeness (QED) is 0.718. The largest absolute Gasteiger partial charge is 0.476 e. The van der Waals surface area contributed by atoms with E-state index in [-0.39, 0.29) is 23.3 Å². The molecule has 1 heterocycles. The number of aliphatic hydroxyl groups excluding tert-OH is 1. The zero-order valence-electron chi connectivity index (χ0n) is 9.71. The van der Waals surface area contributed by atoms with Crippen molar-refractivity contribution in [2.45, 2.75) is 32.4 Å². The van der Waals surface area contributed by atoms with Gasteiger partial charge in [-0.2, -0.15) is 0 Å². The van der Waals surface area contributed by atoms with Crippen LogP contribution in [0.15, 0.2) is 12.4 Å². The molecule has 0 aromatic carbocycles. The number of aliphatic hydroxyl groups is 1. The van der Waals surface area contributed by atoms with E-state index < -0.39 is 5.97 Å². The molecule has 0 spiro atoms. The van der Waals surface area contributed by atoms with Crippen LogP contribution in [0.5, 0.6) is 0 Å². The number of aromatic carboxylic acids is 1. The van der Waals surface area contributed by atoms with Gasteiger partial charge in [0.2, 0.25) is 0 Å². The Labute approximate surface area is 98.7 Å². The maximum absolute atomic E-state index is 10.7. The highest BCUT2D eigenvalue weighted by atomic mass is 16.4. The van der Waals surface area contributed by atoms with E-state index in [9.17, 15) is 9.90 Å². The minimum absolute atomic E-state index is 0.0795. The SMILES string of the molecule is CC1(C)C(O)CC1Nc1cncc(C(=O)O)n1. The second-order valence-corrected chi connectivity index (χ2v) is 4.86. The van der Waals surface area contributed by atoms with Crippen molar-refractivity contribution >= 4 is 11.8 Å². The normalized spacial score (nSPS) is 26.1. The van der Waals surface area contributed by atoms with Crippen molar-refractivity contribution in [3.05, 3.63) is 18.1 Å². The van der Waals surface area contributed by atoms with Gasteiger partial charge in [0.25, 0.3) is 0 Å². The summed E-state index contributed by atoms with van der Waals surface area (Å²) >= 11 is 0. The van der Waals surface area contributed by atoms with Crippen LogP contribution in [0.4, 0.5) is 5.82 Å². The van der Waals surface area contributed by atoms with Crippen LogP contribution >= 0.6 is 0 Å². The summed E-state index contributed by atoms with van der Waals surface area (Å²) in [5.41, 5.74) is -0.325. The molecule has 1 aliphatic carbocycles. The number of carbonyl (C=O) groups is 1. The molecule has 6 nitrogen and oxygen atoms in total. The van der Waals surface area contributed by atoms with Crippen molar-refractivity contribution in [2.75, 3.05) is 5.32 Å². The number of nitrogens with one attached hydrogen (secondary N) is 1. The summed E-state index contributed by atoms with van der Waals surface area (Å²) in [4.78, 5) is 18.5. The third-order valence-corrected chi connectivity index (χ3v) is 3.39. The number of aromatic nitrogens is 2. The smallest absolute Gasteiger partial charge is 0.356 e. The topological polar surface area (TPSA) is 95.3 Å². The number of rotatable bonds is 3. The lowest BCUT2D eigenvalue weighted by molar-refractivity contribution is -0.0511. The average Bonchev–Trinajstić information content (AvgIpc) is 2.29. The molecular weight excluding hydrogens is 222 g/mol. The van der Waals surface area contributed by atoms with Gasteiger partial charge in [-0.1, -0.05) is 13.8 Å². The first kappa shape index (κ1) is 11.8. The van der Waals surface area contributed by atoms with Gasteiger partial charge in [0.1, 0.15) is 5.82 Å². The molecule has 0 aliphatic heterocycles. The molecule has 1 aromatic heterocycles. The Morgan fingerprint density at radius 1 is 1.53 bits per heavy atom. The molecule has 2 atom stereocenters. The second-order valence-electron chi connectivity index (χ2n) is 4.86. The van der Waals surface area contributed by atoms with E-state index in [0.717, 1.165) is 0 Å². The highest BCUT2D eigenvalue weighted by Crippen LogP contribution is 2.41. The molecule has 3 N–H and O–H groups in total. The Bertz CT molecular complexity index is 447. The maximum atomic E-state index is 10.7. The Morgan fingerprint density at radius 3 is 2.76 bits per heavy atom. The van der Waals surface area contributed by atoms with Crippen LogP contribution in [0.25, 0.3) is 0 Å². The summed E-state index contributed by atoms with van der Waals surface area (Å²) in [5.74, 6) is -0.677. The van der Waals surface area contributed by atoms with Crippen molar-refractivity contribution in [3.63, 3.8) is 0 Å². The Balaban J connectivity index is 2.10. The highest BCUT2D eigenvalue weighted by molar-refractivity contribution is 5.85. The Kier molecular flexibility index (Phi) is 2.74. The summed E-state index contributed by atoms with van der Waals surface area (Å²) in [6, 6.07) is 0.0795. The van der Waals surface area contributed by atoms with Gasteiger partial charge in [0.15, 0.2) is 5.69 Å². The fraction of sp³-hybridized carbons (Fsp3) is 0.545. The van der Waals surface area contributed by atoms with Crippen molar-refractivity contribution in [1.29, 1.82) is 0 Å². The molecule has 6 heteroatoms. The van der Waals surface area contributed by atoms with Crippen LogP contribution in [-0.2, 0) is 0 Å². The molecule has 1 saturated carbocycles. The van der Waals surface area contributed by atoms with Crippen molar-refractivity contribution in [2.24, 2.45) is 5.41 Å². The van der Waals surface area contributed by atoms with Gasteiger partial charge in [-0.05, 0) is 6.42 Å². The summed E-state index contributed by atoms with van der Waals surface area (Å²) in [6.07, 6.45) is 2.98. The first-order valence-corrected chi connectivity index (χ1v) is 5.41. The Hall–Kier alpha value is -1.69. The van der Waals surface area contributed by atoms with E-state index in [1.165, 1.54) is 12.4 Å². The average molecular weight is 237 g/mol. The minimum atomic E-state index is -1.10. The van der Waals surface area contributed by atoms with Gasteiger partial charge in [-0.15, -0.1) is 0 Å². The number of carboxylic acid groups (broad SMARTS) is 1. The summed E-state index contributed by atoms with van der Waals surface area (Å²) < 4.78 is 0. The molecule has 1 aliphatic rings. The zero-order chi connectivity index (χ0) is 12.6. The van der Waals surface area contributed by atoms with Crippen LogP contribution in [0.2, 0.25) is 0 Å². The van der Waals surface area contributed by atoms with Crippen molar-refractivity contribution in [1.82, 2.24) is 9.97 Å². The van der Waals surface area contributed by atoms with Gasteiger partial charge in [-0.25, -0.2) is 9.78 Å². The predicted molar refractivity (Wildman–Crippen MR) is 60.8 cm³/mol. The van der Waals surface area contributed by atoms with E-state index in [4.69, 9.17) is 5.11 Å². The second kappa shape index (κ2) is 3.96. The van der Waals surface area contributed by atoms with E-state index in [1.54, 1.807) is 0 Å². The molecular formula is C11H15N3O3. The standard InChI is InChI=1S/C11H15N3O3/c1-11(2)7(3-8(11)15)14-9-5-12-4-6(13-9)10(16)17/h4-5,7-8,15H,3H2,1-2H3,(H,13,14)(H,16,17). The number of anilines is 1.